The molecule has 0 fully saturated rings. The van der Waals surface area contributed by atoms with E-state index in [0.29, 0.717) is 0 Å². The Morgan fingerprint density at radius 2 is 0.571 bits per heavy atom. The van der Waals surface area contributed by atoms with Crippen LogP contribution in [0.2, 0.25) is 0 Å². The van der Waals surface area contributed by atoms with Gasteiger partial charge in [-0.1, -0.05) is 7.43 Å². The van der Waals surface area contributed by atoms with Crippen LogP contribution in [0.3, 0.4) is 0 Å². The van der Waals surface area contributed by atoms with Crippen molar-refractivity contribution in [2.75, 3.05) is 0 Å². The van der Waals surface area contributed by atoms with E-state index in [1.807, 2.05) is 0 Å². The van der Waals surface area contributed by atoms with Crippen molar-refractivity contribution in [3.63, 3.8) is 0 Å². The number of hydrogen-bond donors (Lipinski definition) is 0. The molecule has 0 aliphatic carbocycles. The van der Waals surface area contributed by atoms with Crippen molar-refractivity contribution in [1.29, 1.82) is 0 Å². The van der Waals surface area contributed by atoms with E-state index in [9.17, 15) is 0 Å². The molecule has 0 aliphatic rings. The molecule has 0 heterocycles. The van der Waals surface area contributed by atoms with E-state index in [4.69, 9.17) is 31.8 Å². The molecule has 0 saturated heterocycles. The van der Waals surface area contributed by atoms with Gasteiger partial charge in [0.15, 0.2) is 0 Å². The average Bonchev–Trinajstić information content (AvgIpc) is 1.92. The van der Waals surface area contributed by atoms with E-state index in [-0.39, 0.29) is 33.6 Å². The number of hydrogen-bond acceptors (Lipinski definition) is 8. The molecule has 0 saturated carbocycles. The van der Waals surface area contributed by atoms with Gasteiger partial charge in [0, 0.05) is 0 Å². The number of rotatable bonds is 0. The average molecular weight is 343 g/mol. The van der Waals surface area contributed by atoms with Crippen molar-refractivity contribution in [2.24, 2.45) is 0 Å². The first-order valence-corrected chi connectivity index (χ1v) is 5.66. The first-order valence-electron chi connectivity index (χ1n) is 1.89. The molecular weight excluding hydrogens is 339 g/mol. The van der Waals surface area contributed by atoms with Crippen LogP contribution in [0.15, 0.2) is 0 Å². The largest absolute Gasteiger partial charge is 4.00 e. The second kappa shape index (κ2) is 88.5. The Labute approximate surface area is 126 Å². The molecule has 0 aliphatic heterocycles. The second-order valence-electron chi connectivity index (χ2n) is 0.385. The molecule has 0 amide bonds. The first-order chi connectivity index (χ1) is 5.66. The molecule has 0 radical (unpaired) electrons. The van der Waals surface area contributed by atoms with Crippen molar-refractivity contribution >= 4 is 61.9 Å². The maximum absolute atomic E-state index is 8.46. The van der Waals surface area contributed by atoms with Crippen LogP contribution >= 0.6 is 0 Å². The fourth-order valence-corrected chi connectivity index (χ4v) is 0. The van der Waals surface area contributed by atoms with Gasteiger partial charge in [-0.05, 0) is 0 Å². The van der Waals surface area contributed by atoms with E-state index in [2.05, 4.69) is 0 Å². The molecule has 72 valence electrons. The van der Waals surface area contributed by atoms with Gasteiger partial charge >= 0.3 is 120 Å². The summed E-state index contributed by atoms with van der Waals surface area (Å²) >= 11 is -7.00. The molecule has 0 aromatic carbocycles. The Balaban J connectivity index is -0.0000000145. The van der Waals surface area contributed by atoms with Gasteiger partial charge in [0.1, 0.15) is 0 Å². The molecule has 0 N–H and O–H groups in total. The van der Waals surface area contributed by atoms with Crippen LogP contribution in [0, 0.1) is 0 Å². The van der Waals surface area contributed by atoms with Gasteiger partial charge < -0.3 is 0 Å². The molecule has 0 aromatic heterocycles. The minimum absolute atomic E-state index is 0. The SMILES string of the molecule is C.[O]=[Al][O-].[O]=[Al][O-].[O]=[Al][O-].[O]=[Al][O-].[Zr+4]. The Bertz CT molecular complexity index is 75.3. The summed E-state index contributed by atoms with van der Waals surface area (Å²) in [5.41, 5.74) is 0. The Kier molecular flexibility index (Phi) is 228. The summed E-state index contributed by atoms with van der Waals surface area (Å²) in [5, 5.41) is 0. The van der Waals surface area contributed by atoms with Crippen LogP contribution in [0.4, 0.5) is 0 Å². The summed E-state index contributed by atoms with van der Waals surface area (Å²) in [6.07, 6.45) is 0. The van der Waals surface area contributed by atoms with Crippen molar-refractivity contribution in [2.45, 2.75) is 7.43 Å². The molecule has 14 heavy (non-hydrogen) atoms. The van der Waals surface area contributed by atoms with Gasteiger partial charge in [-0.2, -0.15) is 0 Å². The van der Waals surface area contributed by atoms with Crippen LogP contribution in [-0.4, -0.2) is 61.9 Å². The standard InChI is InChI=1S/CH4.4Al.8O.Zr/h1H4;;;;;;;;;;;;;/q;;;;;;;;;4*-1;+4. The smallest absolute Gasteiger partial charge is 4.00 e. The van der Waals surface area contributed by atoms with Crippen molar-refractivity contribution in [3.8, 4) is 0 Å². The Hall–Kier alpha value is 1.41. The third kappa shape index (κ3) is 1040. The molecule has 0 atom stereocenters. The molecular formula is CH4Al4O8Zr. The van der Waals surface area contributed by atoms with Crippen molar-refractivity contribution in [1.82, 2.24) is 0 Å². The zero-order valence-corrected chi connectivity index (χ0v) is 13.2. The van der Waals surface area contributed by atoms with Gasteiger partial charge in [0.05, 0.1) is 0 Å². The van der Waals surface area contributed by atoms with E-state index in [0.717, 1.165) is 0 Å². The van der Waals surface area contributed by atoms with Crippen LogP contribution in [0.5, 0.6) is 0 Å². The van der Waals surface area contributed by atoms with Gasteiger partial charge in [-0.25, -0.2) is 0 Å². The Morgan fingerprint density at radius 1 is 0.571 bits per heavy atom. The molecule has 0 bridgehead atoms. The topological polar surface area (TPSA) is 161 Å². The van der Waals surface area contributed by atoms with Crippen LogP contribution in [-0.2, 0) is 41.4 Å². The minimum Gasteiger partial charge on any atom is 4.00 e. The van der Waals surface area contributed by atoms with E-state index in [1.165, 1.54) is 0 Å². The predicted octanol–water partition coefficient (Wildman–Crippen LogP) is -6.12. The van der Waals surface area contributed by atoms with Crippen LogP contribution in [0.25, 0.3) is 0 Å². The normalized spacial score (nSPS) is 2.29. The molecule has 13 heteroatoms. The zero-order valence-electron chi connectivity index (χ0n) is 6.08. The molecule has 8 nitrogen and oxygen atoms in total. The van der Waals surface area contributed by atoms with Crippen LogP contribution in [0.1, 0.15) is 7.43 Å². The van der Waals surface area contributed by atoms with E-state index in [1.54, 1.807) is 0 Å². The third-order valence-corrected chi connectivity index (χ3v) is 0. The summed E-state index contributed by atoms with van der Waals surface area (Å²) in [6.45, 7) is 0. The first kappa shape index (κ1) is 36.1. The van der Waals surface area contributed by atoms with Gasteiger partial charge in [-0.3, -0.25) is 0 Å². The summed E-state index contributed by atoms with van der Waals surface area (Å²) in [4.78, 5) is 0. The summed E-state index contributed by atoms with van der Waals surface area (Å²) < 4.78 is 67.7. The monoisotopic (exact) mass is 342 g/mol. The molecule has 0 rings (SSSR count). The van der Waals surface area contributed by atoms with Crippen molar-refractivity contribution < 1.29 is 58.0 Å². The van der Waals surface area contributed by atoms with Gasteiger partial charge in [-0.15, -0.1) is 0 Å². The maximum atomic E-state index is 8.46. The molecule has 0 aromatic rings. The van der Waals surface area contributed by atoms with E-state index >= 15 is 0 Å². The second-order valence-corrected chi connectivity index (χ2v) is 1.15. The third-order valence-electron chi connectivity index (χ3n) is 0. The van der Waals surface area contributed by atoms with Crippen LogP contribution < -0.4 is 16.6 Å². The summed E-state index contributed by atoms with van der Waals surface area (Å²) in [5.74, 6) is 0. The maximum Gasteiger partial charge on any atom is 4.00 e. The predicted molar refractivity (Wildman–Crippen MR) is 32.5 cm³/mol. The fourth-order valence-electron chi connectivity index (χ4n) is 0. The fraction of sp³-hybridized carbons (Fsp3) is 1.00. The summed E-state index contributed by atoms with van der Waals surface area (Å²) in [7, 11) is 0. The van der Waals surface area contributed by atoms with Gasteiger partial charge in [0.2, 0.25) is 0 Å². The quantitative estimate of drug-likeness (QED) is 0.393. The molecule has 0 unspecified atom stereocenters. The molecule has 0 spiro atoms. The minimum atomic E-state index is -1.75. The zero-order chi connectivity index (χ0) is 10.8. The van der Waals surface area contributed by atoms with Gasteiger partial charge in [0.25, 0.3) is 0 Å². The van der Waals surface area contributed by atoms with Crippen molar-refractivity contribution in [3.05, 3.63) is 0 Å². The Morgan fingerprint density at radius 3 is 0.571 bits per heavy atom. The van der Waals surface area contributed by atoms with E-state index < -0.39 is 61.9 Å². The summed E-state index contributed by atoms with van der Waals surface area (Å²) in [6, 6.07) is 0.